The monoisotopic (exact) mass is 496 g/mol. The lowest BCUT2D eigenvalue weighted by atomic mass is 10.2. The van der Waals surface area contributed by atoms with Gasteiger partial charge in [0.05, 0.1) is 4.90 Å². The molecule has 4 rings (SSSR count). The number of rotatable bonds is 9. The first-order valence-electron chi connectivity index (χ1n) is 11.6. The number of halogens is 1. The highest BCUT2D eigenvalue weighted by molar-refractivity contribution is 7.92. The Balaban J connectivity index is 1.23. The molecule has 184 valence electrons. The van der Waals surface area contributed by atoms with Gasteiger partial charge >= 0.3 is 0 Å². The first-order chi connectivity index (χ1) is 16.9. The summed E-state index contributed by atoms with van der Waals surface area (Å²) in [7, 11) is -3.91. The number of nitrogens with zero attached hydrogens (tertiary/aromatic N) is 2. The SMILES string of the molecule is O=C(NCCCN1CCN(c2ccccc2)CC1)c1cccc(S(=O)(=O)Nc2ccc(F)cc2)c1. The van der Waals surface area contributed by atoms with E-state index in [4.69, 9.17) is 0 Å². The fraction of sp³-hybridized carbons (Fsp3) is 0.269. The maximum atomic E-state index is 13.1. The third-order valence-corrected chi connectivity index (χ3v) is 7.31. The van der Waals surface area contributed by atoms with Gasteiger partial charge in [-0.2, -0.15) is 0 Å². The summed E-state index contributed by atoms with van der Waals surface area (Å²) in [5.41, 5.74) is 1.76. The number of hydrogen-bond acceptors (Lipinski definition) is 5. The van der Waals surface area contributed by atoms with E-state index in [2.05, 4.69) is 44.1 Å². The van der Waals surface area contributed by atoms with Crippen LogP contribution in [-0.4, -0.2) is 58.5 Å². The van der Waals surface area contributed by atoms with Crippen molar-refractivity contribution in [2.45, 2.75) is 11.3 Å². The van der Waals surface area contributed by atoms with E-state index in [9.17, 15) is 17.6 Å². The van der Waals surface area contributed by atoms with Crippen LogP contribution in [0, 0.1) is 5.82 Å². The highest BCUT2D eigenvalue weighted by Gasteiger charge is 2.18. The fourth-order valence-electron chi connectivity index (χ4n) is 4.01. The molecule has 0 aliphatic carbocycles. The lowest BCUT2D eigenvalue weighted by Crippen LogP contribution is -2.47. The summed E-state index contributed by atoms with van der Waals surface area (Å²) in [5, 5.41) is 2.87. The van der Waals surface area contributed by atoms with E-state index in [1.165, 1.54) is 48.2 Å². The molecular formula is C26H29FN4O3S. The molecule has 9 heteroatoms. The summed E-state index contributed by atoms with van der Waals surface area (Å²) < 4.78 is 40.8. The van der Waals surface area contributed by atoms with Crippen LogP contribution in [0.5, 0.6) is 0 Å². The van der Waals surface area contributed by atoms with Crippen LogP contribution in [0.3, 0.4) is 0 Å². The predicted octanol–water partition coefficient (Wildman–Crippen LogP) is 3.57. The van der Waals surface area contributed by atoms with E-state index in [0.29, 0.717) is 6.54 Å². The highest BCUT2D eigenvalue weighted by Crippen LogP contribution is 2.18. The van der Waals surface area contributed by atoms with E-state index in [0.717, 1.165) is 39.1 Å². The van der Waals surface area contributed by atoms with Gasteiger partial charge < -0.3 is 10.2 Å². The summed E-state index contributed by atoms with van der Waals surface area (Å²) in [4.78, 5) is 17.3. The van der Waals surface area contributed by atoms with Gasteiger partial charge in [0.2, 0.25) is 0 Å². The molecule has 2 N–H and O–H groups in total. The van der Waals surface area contributed by atoms with Crippen molar-refractivity contribution in [2.75, 3.05) is 48.9 Å². The van der Waals surface area contributed by atoms with Gasteiger partial charge in [-0.15, -0.1) is 0 Å². The van der Waals surface area contributed by atoms with Crippen molar-refractivity contribution >= 4 is 27.3 Å². The van der Waals surface area contributed by atoms with Crippen LogP contribution in [0.1, 0.15) is 16.8 Å². The Kier molecular flexibility index (Phi) is 7.99. The quantitative estimate of drug-likeness (QED) is 0.443. The third kappa shape index (κ3) is 6.80. The topological polar surface area (TPSA) is 81.8 Å². The van der Waals surface area contributed by atoms with Gasteiger partial charge in [0, 0.05) is 49.7 Å². The Morgan fingerprint density at radius 3 is 2.31 bits per heavy atom. The maximum Gasteiger partial charge on any atom is 0.261 e. The lowest BCUT2D eigenvalue weighted by Gasteiger charge is -2.36. The first kappa shape index (κ1) is 24.7. The summed E-state index contributed by atoms with van der Waals surface area (Å²) in [6, 6.07) is 21.3. The number of para-hydroxylation sites is 1. The summed E-state index contributed by atoms with van der Waals surface area (Å²) in [6.07, 6.45) is 0.807. The Labute approximate surface area is 205 Å². The molecule has 7 nitrogen and oxygen atoms in total. The maximum absolute atomic E-state index is 13.1. The zero-order chi connectivity index (χ0) is 24.7. The van der Waals surface area contributed by atoms with Crippen molar-refractivity contribution in [3.05, 3.63) is 90.2 Å². The highest BCUT2D eigenvalue weighted by atomic mass is 32.2. The van der Waals surface area contributed by atoms with Crippen molar-refractivity contribution in [1.29, 1.82) is 0 Å². The standard InChI is InChI=1S/C26H29FN4O3S/c27-22-10-12-23(13-11-22)29-35(33,34)25-9-4-6-21(20-25)26(32)28-14-5-15-30-16-18-31(19-17-30)24-7-2-1-3-8-24/h1-4,6-13,20,29H,5,14-19H2,(H,28,32). The number of anilines is 2. The van der Waals surface area contributed by atoms with Crippen LogP contribution in [-0.2, 0) is 10.0 Å². The zero-order valence-electron chi connectivity index (χ0n) is 19.4. The van der Waals surface area contributed by atoms with Crippen molar-refractivity contribution in [1.82, 2.24) is 10.2 Å². The van der Waals surface area contributed by atoms with Gasteiger partial charge in [0.1, 0.15) is 5.82 Å². The molecule has 0 aromatic heterocycles. The summed E-state index contributed by atoms with van der Waals surface area (Å²) >= 11 is 0. The minimum atomic E-state index is -3.91. The molecule has 3 aromatic rings. The average Bonchev–Trinajstić information content (AvgIpc) is 2.89. The molecule has 1 amide bonds. The van der Waals surface area contributed by atoms with Crippen molar-refractivity contribution in [3.8, 4) is 0 Å². The van der Waals surface area contributed by atoms with Crippen LogP contribution < -0.4 is 14.9 Å². The molecule has 3 aromatic carbocycles. The normalized spacial score (nSPS) is 14.5. The minimum absolute atomic E-state index is 0.0363. The Morgan fingerprint density at radius 2 is 1.60 bits per heavy atom. The molecule has 0 radical (unpaired) electrons. The van der Waals surface area contributed by atoms with E-state index in [1.807, 2.05) is 6.07 Å². The molecule has 35 heavy (non-hydrogen) atoms. The van der Waals surface area contributed by atoms with E-state index < -0.39 is 15.8 Å². The fourth-order valence-corrected chi connectivity index (χ4v) is 5.12. The van der Waals surface area contributed by atoms with Crippen LogP contribution >= 0.6 is 0 Å². The van der Waals surface area contributed by atoms with Gasteiger partial charge in [0.15, 0.2) is 0 Å². The molecule has 1 saturated heterocycles. The number of benzene rings is 3. The molecule has 0 atom stereocenters. The van der Waals surface area contributed by atoms with Gasteiger partial charge in [0.25, 0.3) is 15.9 Å². The Hall–Kier alpha value is -3.43. The summed E-state index contributed by atoms with van der Waals surface area (Å²) in [6.45, 7) is 5.29. The van der Waals surface area contributed by atoms with E-state index >= 15 is 0 Å². The smallest absolute Gasteiger partial charge is 0.261 e. The molecule has 0 spiro atoms. The third-order valence-electron chi connectivity index (χ3n) is 5.93. The molecular weight excluding hydrogens is 467 g/mol. The second-order valence-electron chi connectivity index (χ2n) is 8.41. The molecule has 0 unspecified atom stereocenters. The van der Waals surface area contributed by atoms with Gasteiger partial charge in [-0.1, -0.05) is 24.3 Å². The number of piperazine rings is 1. The van der Waals surface area contributed by atoms with Crippen LogP contribution in [0.15, 0.2) is 83.8 Å². The number of nitrogens with one attached hydrogen (secondary N) is 2. The molecule has 0 bridgehead atoms. The lowest BCUT2D eigenvalue weighted by molar-refractivity contribution is 0.0951. The van der Waals surface area contributed by atoms with Crippen molar-refractivity contribution in [2.24, 2.45) is 0 Å². The second-order valence-corrected chi connectivity index (χ2v) is 10.1. The van der Waals surface area contributed by atoms with Crippen LogP contribution in [0.25, 0.3) is 0 Å². The van der Waals surface area contributed by atoms with Gasteiger partial charge in [-0.25, -0.2) is 12.8 Å². The number of carbonyl (C=O) groups excluding carboxylic acids is 1. The molecule has 1 fully saturated rings. The Bertz CT molecular complexity index is 1230. The van der Waals surface area contributed by atoms with E-state index in [1.54, 1.807) is 6.07 Å². The van der Waals surface area contributed by atoms with Gasteiger partial charge in [-0.05, 0) is 67.6 Å². The zero-order valence-corrected chi connectivity index (χ0v) is 20.2. The van der Waals surface area contributed by atoms with Crippen LogP contribution in [0.4, 0.5) is 15.8 Å². The number of sulfonamides is 1. The van der Waals surface area contributed by atoms with E-state index in [-0.39, 0.29) is 22.1 Å². The predicted molar refractivity (Wildman–Crippen MR) is 136 cm³/mol. The average molecular weight is 497 g/mol. The minimum Gasteiger partial charge on any atom is -0.369 e. The van der Waals surface area contributed by atoms with Crippen molar-refractivity contribution < 1.29 is 17.6 Å². The second kappa shape index (κ2) is 11.3. The van der Waals surface area contributed by atoms with Crippen molar-refractivity contribution in [3.63, 3.8) is 0 Å². The largest absolute Gasteiger partial charge is 0.369 e. The first-order valence-corrected chi connectivity index (χ1v) is 13.1. The molecule has 1 aliphatic heterocycles. The number of carbonyl (C=O) groups is 1. The Morgan fingerprint density at radius 1 is 0.886 bits per heavy atom. The van der Waals surface area contributed by atoms with Crippen LogP contribution in [0.2, 0.25) is 0 Å². The molecule has 0 saturated carbocycles. The number of amides is 1. The van der Waals surface area contributed by atoms with Gasteiger partial charge in [-0.3, -0.25) is 14.4 Å². The summed E-state index contributed by atoms with van der Waals surface area (Å²) in [5.74, 6) is -0.779. The molecule has 1 heterocycles. The number of hydrogen-bond donors (Lipinski definition) is 2. The molecule has 1 aliphatic rings.